The third-order valence-corrected chi connectivity index (χ3v) is 3.88. The molecule has 1 aromatic carbocycles. The molecular formula is C16H21N3S. The standard InChI is InChI=1S/C16H21N3S/c1-13-4-6-14(7-5-13)11-19(3)16(17-2)18-10-15-8-9-20-12-15/h4-9,12H,10-11H2,1-3H3,(H,17,18). The van der Waals surface area contributed by atoms with Gasteiger partial charge in [-0.3, -0.25) is 4.99 Å². The van der Waals surface area contributed by atoms with Gasteiger partial charge >= 0.3 is 0 Å². The lowest BCUT2D eigenvalue weighted by atomic mass is 10.1. The van der Waals surface area contributed by atoms with Gasteiger partial charge < -0.3 is 10.2 Å². The van der Waals surface area contributed by atoms with Crippen LogP contribution in [-0.2, 0) is 13.1 Å². The van der Waals surface area contributed by atoms with E-state index in [9.17, 15) is 0 Å². The number of aliphatic imine (C=N–C) groups is 1. The fourth-order valence-corrected chi connectivity index (χ4v) is 2.67. The zero-order chi connectivity index (χ0) is 14.4. The van der Waals surface area contributed by atoms with Crippen LogP contribution in [0, 0.1) is 6.92 Å². The Morgan fingerprint density at radius 2 is 1.95 bits per heavy atom. The molecule has 0 radical (unpaired) electrons. The number of rotatable bonds is 4. The monoisotopic (exact) mass is 287 g/mol. The molecule has 2 rings (SSSR count). The number of aryl methyl sites for hydroxylation is 1. The first-order valence-electron chi connectivity index (χ1n) is 6.67. The summed E-state index contributed by atoms with van der Waals surface area (Å²) in [6.45, 7) is 3.77. The zero-order valence-corrected chi connectivity index (χ0v) is 13.1. The average molecular weight is 287 g/mol. The summed E-state index contributed by atoms with van der Waals surface area (Å²) in [4.78, 5) is 6.47. The SMILES string of the molecule is CN=C(NCc1ccsc1)N(C)Cc1ccc(C)cc1. The molecule has 3 nitrogen and oxygen atoms in total. The first-order valence-corrected chi connectivity index (χ1v) is 7.61. The van der Waals surface area contributed by atoms with Gasteiger partial charge in [0.25, 0.3) is 0 Å². The van der Waals surface area contributed by atoms with E-state index in [4.69, 9.17) is 0 Å². The molecule has 1 N–H and O–H groups in total. The predicted octanol–water partition coefficient (Wildman–Crippen LogP) is 3.26. The Morgan fingerprint density at radius 1 is 1.20 bits per heavy atom. The molecule has 20 heavy (non-hydrogen) atoms. The van der Waals surface area contributed by atoms with Crippen molar-refractivity contribution in [2.45, 2.75) is 20.0 Å². The maximum absolute atomic E-state index is 4.34. The Morgan fingerprint density at radius 3 is 2.55 bits per heavy atom. The van der Waals surface area contributed by atoms with Gasteiger partial charge in [0, 0.05) is 27.2 Å². The molecule has 1 heterocycles. The Bertz CT molecular complexity index is 544. The van der Waals surface area contributed by atoms with Gasteiger partial charge in [0.2, 0.25) is 0 Å². The van der Waals surface area contributed by atoms with Crippen molar-refractivity contribution in [1.29, 1.82) is 0 Å². The molecule has 106 valence electrons. The van der Waals surface area contributed by atoms with Gasteiger partial charge in [-0.1, -0.05) is 29.8 Å². The van der Waals surface area contributed by atoms with E-state index in [0.29, 0.717) is 0 Å². The number of guanidine groups is 1. The molecule has 2 aromatic rings. The van der Waals surface area contributed by atoms with Crippen LogP contribution in [0.4, 0.5) is 0 Å². The molecule has 0 amide bonds. The average Bonchev–Trinajstić information content (AvgIpc) is 2.95. The second kappa shape index (κ2) is 7.10. The molecule has 0 bridgehead atoms. The van der Waals surface area contributed by atoms with Crippen LogP contribution in [-0.4, -0.2) is 25.0 Å². The highest BCUT2D eigenvalue weighted by molar-refractivity contribution is 7.07. The fraction of sp³-hybridized carbons (Fsp3) is 0.312. The molecule has 0 saturated heterocycles. The highest BCUT2D eigenvalue weighted by atomic mass is 32.1. The predicted molar refractivity (Wildman–Crippen MR) is 87.2 cm³/mol. The summed E-state index contributed by atoms with van der Waals surface area (Å²) < 4.78 is 0. The summed E-state index contributed by atoms with van der Waals surface area (Å²) in [5, 5.41) is 7.63. The van der Waals surface area contributed by atoms with Crippen molar-refractivity contribution in [1.82, 2.24) is 10.2 Å². The van der Waals surface area contributed by atoms with Crippen molar-refractivity contribution < 1.29 is 0 Å². The number of nitrogens with one attached hydrogen (secondary N) is 1. The molecule has 0 saturated carbocycles. The van der Waals surface area contributed by atoms with E-state index in [-0.39, 0.29) is 0 Å². The maximum Gasteiger partial charge on any atom is 0.193 e. The quantitative estimate of drug-likeness (QED) is 0.690. The van der Waals surface area contributed by atoms with Crippen molar-refractivity contribution >= 4 is 17.3 Å². The van der Waals surface area contributed by atoms with E-state index >= 15 is 0 Å². The molecule has 0 aliphatic heterocycles. The summed E-state index contributed by atoms with van der Waals surface area (Å²) in [5.74, 6) is 0.914. The van der Waals surface area contributed by atoms with Crippen LogP contribution in [0.5, 0.6) is 0 Å². The lowest BCUT2D eigenvalue weighted by molar-refractivity contribution is 0.476. The summed E-state index contributed by atoms with van der Waals surface area (Å²) in [6.07, 6.45) is 0. The Labute approximate surface area is 125 Å². The van der Waals surface area contributed by atoms with Crippen molar-refractivity contribution in [3.05, 3.63) is 57.8 Å². The van der Waals surface area contributed by atoms with Gasteiger partial charge in [-0.25, -0.2) is 0 Å². The van der Waals surface area contributed by atoms with Gasteiger partial charge in [-0.2, -0.15) is 11.3 Å². The topological polar surface area (TPSA) is 27.6 Å². The van der Waals surface area contributed by atoms with Gasteiger partial charge in [-0.05, 0) is 34.9 Å². The highest BCUT2D eigenvalue weighted by Gasteiger charge is 2.06. The van der Waals surface area contributed by atoms with E-state index in [1.807, 2.05) is 7.05 Å². The lowest BCUT2D eigenvalue weighted by Gasteiger charge is -2.22. The summed E-state index contributed by atoms with van der Waals surface area (Å²) in [7, 11) is 3.88. The zero-order valence-electron chi connectivity index (χ0n) is 12.3. The van der Waals surface area contributed by atoms with Crippen LogP contribution in [0.3, 0.4) is 0 Å². The lowest BCUT2D eigenvalue weighted by Crippen LogP contribution is -2.37. The number of thiophene rings is 1. The first kappa shape index (κ1) is 14.6. The number of hydrogen-bond donors (Lipinski definition) is 1. The first-order chi connectivity index (χ1) is 9.69. The third-order valence-electron chi connectivity index (χ3n) is 3.14. The normalized spacial score (nSPS) is 11.4. The minimum absolute atomic E-state index is 0.814. The van der Waals surface area contributed by atoms with E-state index < -0.39 is 0 Å². The molecule has 0 aliphatic carbocycles. The molecule has 0 aliphatic rings. The van der Waals surface area contributed by atoms with Crippen LogP contribution in [0.15, 0.2) is 46.1 Å². The van der Waals surface area contributed by atoms with Crippen molar-refractivity contribution in [2.75, 3.05) is 14.1 Å². The summed E-state index contributed by atoms with van der Waals surface area (Å²) in [6, 6.07) is 10.7. The molecule has 0 spiro atoms. The van der Waals surface area contributed by atoms with E-state index in [1.165, 1.54) is 16.7 Å². The molecule has 0 fully saturated rings. The second-order valence-electron chi connectivity index (χ2n) is 4.87. The van der Waals surface area contributed by atoms with Crippen LogP contribution in [0.2, 0.25) is 0 Å². The molecule has 4 heteroatoms. The van der Waals surface area contributed by atoms with Crippen LogP contribution < -0.4 is 5.32 Å². The second-order valence-corrected chi connectivity index (χ2v) is 5.65. The van der Waals surface area contributed by atoms with E-state index in [1.54, 1.807) is 11.3 Å². The van der Waals surface area contributed by atoms with Gasteiger partial charge in [-0.15, -0.1) is 0 Å². The Balaban J connectivity index is 1.91. The smallest absolute Gasteiger partial charge is 0.193 e. The van der Waals surface area contributed by atoms with Crippen molar-refractivity contribution in [3.8, 4) is 0 Å². The van der Waals surface area contributed by atoms with E-state index in [0.717, 1.165) is 19.0 Å². The van der Waals surface area contributed by atoms with Crippen LogP contribution >= 0.6 is 11.3 Å². The number of benzene rings is 1. The number of hydrogen-bond acceptors (Lipinski definition) is 2. The fourth-order valence-electron chi connectivity index (χ4n) is 2.00. The van der Waals surface area contributed by atoms with Gasteiger partial charge in [0.05, 0.1) is 0 Å². The van der Waals surface area contributed by atoms with Crippen molar-refractivity contribution in [3.63, 3.8) is 0 Å². The van der Waals surface area contributed by atoms with Crippen LogP contribution in [0.25, 0.3) is 0 Å². The maximum atomic E-state index is 4.34. The summed E-state index contributed by atoms with van der Waals surface area (Å²) in [5.41, 5.74) is 3.87. The third kappa shape index (κ3) is 4.10. The van der Waals surface area contributed by atoms with Crippen molar-refractivity contribution in [2.24, 2.45) is 4.99 Å². The summed E-state index contributed by atoms with van der Waals surface area (Å²) >= 11 is 1.72. The van der Waals surface area contributed by atoms with Gasteiger partial charge in [0.15, 0.2) is 5.96 Å². The number of nitrogens with zero attached hydrogens (tertiary/aromatic N) is 2. The Hall–Kier alpha value is -1.81. The molecule has 0 unspecified atom stereocenters. The molecule has 1 aromatic heterocycles. The van der Waals surface area contributed by atoms with Crippen LogP contribution in [0.1, 0.15) is 16.7 Å². The molecular weight excluding hydrogens is 266 g/mol. The minimum atomic E-state index is 0.814. The highest BCUT2D eigenvalue weighted by Crippen LogP contribution is 2.07. The minimum Gasteiger partial charge on any atom is -0.352 e. The largest absolute Gasteiger partial charge is 0.352 e. The van der Waals surface area contributed by atoms with E-state index in [2.05, 4.69) is 70.3 Å². The van der Waals surface area contributed by atoms with Gasteiger partial charge in [0.1, 0.15) is 0 Å². The molecule has 0 atom stereocenters. The Kier molecular flexibility index (Phi) is 5.18.